The molecular weight excluding hydrogens is 312 g/mol. The maximum atomic E-state index is 12.5. The van der Waals surface area contributed by atoms with Gasteiger partial charge in [0.2, 0.25) is 5.91 Å². The number of benzene rings is 1. The van der Waals surface area contributed by atoms with Gasteiger partial charge in [-0.15, -0.1) is 0 Å². The van der Waals surface area contributed by atoms with Gasteiger partial charge < -0.3 is 19.9 Å². The van der Waals surface area contributed by atoms with E-state index in [-0.39, 0.29) is 12.3 Å². The Balaban J connectivity index is 2.12. The average molecular weight is 332 g/mol. The predicted octanol–water partition coefficient (Wildman–Crippen LogP) is 2.02. The highest BCUT2D eigenvalue weighted by Crippen LogP contribution is 2.39. The Hall–Kier alpha value is -2.54. The maximum absolute atomic E-state index is 12.5. The van der Waals surface area contributed by atoms with Gasteiger partial charge in [0.1, 0.15) is 5.75 Å². The van der Waals surface area contributed by atoms with E-state index in [1.165, 1.54) is 7.11 Å². The molecule has 7 heteroatoms. The summed E-state index contributed by atoms with van der Waals surface area (Å²) in [5.41, 5.74) is 2.12. The summed E-state index contributed by atoms with van der Waals surface area (Å²) in [6, 6.07) is 5.54. The molecule has 0 unspecified atom stereocenters. The fourth-order valence-corrected chi connectivity index (χ4v) is 3.30. The molecule has 1 aromatic carbocycles. The quantitative estimate of drug-likeness (QED) is 0.894. The first-order valence-corrected chi connectivity index (χ1v) is 7.81. The van der Waals surface area contributed by atoms with E-state index in [2.05, 4.69) is 10.1 Å². The van der Waals surface area contributed by atoms with Crippen LogP contribution < -0.4 is 10.1 Å². The molecule has 0 bridgehead atoms. The molecule has 0 radical (unpaired) electrons. The van der Waals surface area contributed by atoms with Crippen molar-refractivity contribution in [2.75, 3.05) is 20.8 Å². The van der Waals surface area contributed by atoms with Crippen molar-refractivity contribution in [2.45, 2.75) is 25.4 Å². The molecule has 1 aliphatic rings. The number of nitrogens with zero attached hydrogens (tertiary/aromatic N) is 1. The minimum absolute atomic E-state index is 0.0584. The van der Waals surface area contributed by atoms with E-state index < -0.39 is 12.2 Å². The maximum Gasteiger partial charge on any atom is 0.406 e. The Morgan fingerprint density at radius 3 is 2.92 bits per heavy atom. The van der Waals surface area contributed by atoms with Crippen LogP contribution in [-0.4, -0.2) is 42.4 Å². The second-order valence-corrected chi connectivity index (χ2v) is 5.67. The van der Waals surface area contributed by atoms with Crippen molar-refractivity contribution in [2.24, 2.45) is 0 Å². The van der Waals surface area contributed by atoms with E-state index in [9.17, 15) is 14.7 Å². The molecular formula is C17H20N2O5. The number of hydrogen-bond acceptors (Lipinski definition) is 5. The van der Waals surface area contributed by atoms with Crippen molar-refractivity contribution < 1.29 is 24.2 Å². The first-order chi connectivity index (χ1) is 11.6. The van der Waals surface area contributed by atoms with Crippen molar-refractivity contribution in [3.8, 4) is 5.75 Å². The Morgan fingerprint density at radius 1 is 1.42 bits per heavy atom. The topological polar surface area (TPSA) is 89.8 Å². The number of para-hydroxylation sites is 1. The van der Waals surface area contributed by atoms with Gasteiger partial charge in [-0.1, -0.05) is 12.1 Å². The molecule has 1 amide bonds. The van der Waals surface area contributed by atoms with E-state index in [1.807, 2.05) is 12.1 Å². The third kappa shape index (κ3) is 2.60. The minimum atomic E-state index is -0.715. The van der Waals surface area contributed by atoms with Crippen LogP contribution in [0.4, 0.5) is 4.79 Å². The summed E-state index contributed by atoms with van der Waals surface area (Å²) >= 11 is 0. The van der Waals surface area contributed by atoms with Gasteiger partial charge in [0, 0.05) is 18.4 Å². The van der Waals surface area contributed by atoms with Crippen molar-refractivity contribution in [1.82, 2.24) is 9.88 Å². The zero-order valence-corrected chi connectivity index (χ0v) is 13.7. The van der Waals surface area contributed by atoms with Crippen molar-refractivity contribution in [1.29, 1.82) is 0 Å². The van der Waals surface area contributed by atoms with Crippen LogP contribution in [0.25, 0.3) is 10.9 Å². The number of carbonyl (C=O) groups excluding carboxylic acids is 2. The predicted molar refractivity (Wildman–Crippen MR) is 87.4 cm³/mol. The standard InChI is InChI=1S/C17H20N2O5/c1-23-13-5-3-4-10-11(8-9-18-17(22)24-2)15-12(20)6-7-14(21)19(15)16(10)13/h3-5,12,20H,6-9H2,1-2H3,(H,18,22)/t12-/m0/s1. The second-order valence-electron chi connectivity index (χ2n) is 5.67. The van der Waals surface area contributed by atoms with Gasteiger partial charge in [-0.2, -0.15) is 0 Å². The van der Waals surface area contributed by atoms with Crippen LogP contribution >= 0.6 is 0 Å². The summed E-state index contributed by atoms with van der Waals surface area (Å²) < 4.78 is 11.5. The molecule has 0 aliphatic carbocycles. The fraction of sp³-hybridized carbons (Fsp3) is 0.412. The smallest absolute Gasteiger partial charge is 0.406 e. The van der Waals surface area contributed by atoms with Gasteiger partial charge in [0.05, 0.1) is 31.5 Å². The van der Waals surface area contributed by atoms with Gasteiger partial charge in [-0.3, -0.25) is 9.36 Å². The zero-order chi connectivity index (χ0) is 17.3. The number of fused-ring (bicyclic) bond motifs is 3. The van der Waals surface area contributed by atoms with Gasteiger partial charge in [0.25, 0.3) is 0 Å². The van der Waals surface area contributed by atoms with Crippen molar-refractivity contribution >= 4 is 22.9 Å². The zero-order valence-electron chi connectivity index (χ0n) is 13.7. The minimum Gasteiger partial charge on any atom is -0.495 e. The molecule has 2 N–H and O–H groups in total. The summed E-state index contributed by atoms with van der Waals surface area (Å²) in [6.07, 6.45) is -0.0644. The van der Waals surface area contributed by atoms with Crippen LogP contribution in [-0.2, 0) is 11.2 Å². The van der Waals surface area contributed by atoms with E-state index in [0.717, 1.165) is 10.9 Å². The Bertz CT molecular complexity index is 796. The Kier molecular flexibility index (Phi) is 4.44. The molecule has 0 spiro atoms. The lowest BCUT2D eigenvalue weighted by atomic mass is 10.00. The molecule has 24 heavy (non-hydrogen) atoms. The number of ether oxygens (including phenoxy) is 2. The van der Waals surface area contributed by atoms with E-state index in [1.54, 1.807) is 17.7 Å². The number of rotatable bonds is 4. The van der Waals surface area contributed by atoms with Gasteiger partial charge in [-0.05, 0) is 24.5 Å². The molecule has 128 valence electrons. The molecule has 0 saturated carbocycles. The number of aliphatic hydroxyl groups excluding tert-OH is 1. The second kappa shape index (κ2) is 6.52. The number of aromatic nitrogens is 1. The van der Waals surface area contributed by atoms with Crippen LogP contribution in [0.1, 0.15) is 35.0 Å². The van der Waals surface area contributed by atoms with Crippen LogP contribution in [0.5, 0.6) is 5.75 Å². The fourth-order valence-electron chi connectivity index (χ4n) is 3.30. The third-order valence-corrected chi connectivity index (χ3v) is 4.34. The number of amides is 1. The highest BCUT2D eigenvalue weighted by atomic mass is 16.5. The Morgan fingerprint density at radius 2 is 2.21 bits per heavy atom. The summed E-state index contributed by atoms with van der Waals surface area (Å²) in [7, 11) is 2.86. The number of carbonyl (C=O) groups is 2. The third-order valence-electron chi connectivity index (χ3n) is 4.34. The molecule has 1 aliphatic heterocycles. The lowest BCUT2D eigenvalue weighted by Gasteiger charge is -2.21. The number of methoxy groups -OCH3 is 2. The molecule has 0 fully saturated rings. The normalized spacial score (nSPS) is 16.8. The van der Waals surface area contributed by atoms with Gasteiger partial charge >= 0.3 is 6.09 Å². The summed E-state index contributed by atoms with van der Waals surface area (Å²) in [5, 5.41) is 13.9. The summed E-state index contributed by atoms with van der Waals surface area (Å²) in [4.78, 5) is 23.7. The monoisotopic (exact) mass is 332 g/mol. The van der Waals surface area contributed by atoms with Crippen LogP contribution in [0.2, 0.25) is 0 Å². The van der Waals surface area contributed by atoms with Crippen LogP contribution in [0.15, 0.2) is 18.2 Å². The first kappa shape index (κ1) is 16.3. The summed E-state index contributed by atoms with van der Waals surface area (Å²) in [6.45, 7) is 0.344. The molecule has 0 saturated heterocycles. The number of aliphatic hydroxyl groups is 1. The molecule has 3 rings (SSSR count). The number of nitrogens with one attached hydrogen (secondary N) is 1. The lowest BCUT2D eigenvalue weighted by molar-refractivity contribution is 0.0777. The number of hydrogen-bond donors (Lipinski definition) is 2. The van der Waals surface area contributed by atoms with Crippen molar-refractivity contribution in [3.05, 3.63) is 29.5 Å². The first-order valence-electron chi connectivity index (χ1n) is 7.81. The largest absolute Gasteiger partial charge is 0.495 e. The van der Waals surface area contributed by atoms with E-state index >= 15 is 0 Å². The lowest BCUT2D eigenvalue weighted by Crippen LogP contribution is -2.27. The molecule has 2 heterocycles. The van der Waals surface area contributed by atoms with Crippen LogP contribution in [0, 0.1) is 0 Å². The van der Waals surface area contributed by atoms with Crippen molar-refractivity contribution in [3.63, 3.8) is 0 Å². The molecule has 2 aromatic rings. The Labute approximate surface area is 139 Å². The van der Waals surface area contributed by atoms with Gasteiger partial charge in [-0.25, -0.2) is 4.79 Å². The highest BCUT2D eigenvalue weighted by Gasteiger charge is 2.31. The SMILES string of the molecule is COC(=O)NCCc1c2n(c3c(OC)cccc13)C(=O)CC[C@@H]2O. The highest BCUT2D eigenvalue weighted by molar-refractivity contribution is 6.00. The van der Waals surface area contributed by atoms with Gasteiger partial charge in [0.15, 0.2) is 0 Å². The van der Waals surface area contributed by atoms with Crippen LogP contribution in [0.3, 0.4) is 0 Å². The van der Waals surface area contributed by atoms with E-state index in [0.29, 0.717) is 36.3 Å². The molecule has 1 atom stereocenters. The number of alkyl carbamates (subject to hydrolysis) is 1. The molecule has 1 aromatic heterocycles. The van der Waals surface area contributed by atoms with E-state index in [4.69, 9.17) is 4.74 Å². The molecule has 7 nitrogen and oxygen atoms in total. The summed E-state index contributed by atoms with van der Waals surface area (Å²) in [5.74, 6) is 0.528. The average Bonchev–Trinajstić information content (AvgIpc) is 2.94.